The Morgan fingerprint density at radius 2 is 1.86 bits per heavy atom. The van der Waals surface area contributed by atoms with E-state index in [9.17, 15) is 4.79 Å². The van der Waals surface area contributed by atoms with Crippen LogP contribution in [0.4, 0.5) is 0 Å². The molecule has 0 fully saturated rings. The van der Waals surface area contributed by atoms with Crippen LogP contribution < -0.4 is 9.99 Å². The minimum absolute atomic E-state index is 0.152. The van der Waals surface area contributed by atoms with Gasteiger partial charge in [-0.1, -0.05) is 44.2 Å². The number of nitrogens with one attached hydrogen (secondary N) is 1. The normalized spacial score (nSPS) is 11.0. The minimum atomic E-state index is -0.152. The second kappa shape index (κ2) is 7.33. The van der Waals surface area contributed by atoms with Crippen molar-refractivity contribution in [2.75, 3.05) is 0 Å². The summed E-state index contributed by atoms with van der Waals surface area (Å²) in [7, 11) is 0. The Hall–Kier alpha value is -2.49. The first-order valence-electron chi connectivity index (χ1n) is 7.01. The van der Waals surface area contributed by atoms with Gasteiger partial charge in [0.15, 0.2) is 12.4 Å². The molecule has 1 N–H and O–H groups in total. The van der Waals surface area contributed by atoms with E-state index in [1.807, 2.05) is 42.7 Å². The lowest BCUT2D eigenvalue weighted by Gasteiger charge is -2.04. The van der Waals surface area contributed by atoms with Crippen molar-refractivity contribution in [3.05, 3.63) is 66.0 Å². The van der Waals surface area contributed by atoms with Crippen LogP contribution in [0.25, 0.3) is 0 Å². The fourth-order valence-corrected chi connectivity index (χ4v) is 1.89. The Labute approximate surface area is 125 Å². The quantitative estimate of drug-likeness (QED) is 0.510. The van der Waals surface area contributed by atoms with Gasteiger partial charge in [0.1, 0.15) is 0 Å². The smallest absolute Gasteiger partial charge is 0.266 e. The average Bonchev–Trinajstić information content (AvgIpc) is 2.49. The Balaban J connectivity index is 1.86. The first kappa shape index (κ1) is 14.9. The zero-order valence-corrected chi connectivity index (χ0v) is 12.4. The summed E-state index contributed by atoms with van der Waals surface area (Å²) in [5.74, 6) is 0.361. The molecule has 0 saturated heterocycles. The first-order chi connectivity index (χ1) is 10.1. The molecule has 1 amide bonds. The lowest BCUT2D eigenvalue weighted by molar-refractivity contribution is -0.684. The van der Waals surface area contributed by atoms with Crippen molar-refractivity contribution in [3.63, 3.8) is 0 Å². The number of hydrogen-bond acceptors (Lipinski definition) is 2. The molecule has 0 aliphatic heterocycles. The Morgan fingerprint density at radius 3 is 2.48 bits per heavy atom. The number of benzene rings is 1. The fraction of sp³-hybridized carbons (Fsp3) is 0.235. The maximum absolute atomic E-state index is 11.7. The highest BCUT2D eigenvalue weighted by Crippen LogP contribution is 2.13. The third kappa shape index (κ3) is 4.84. The largest absolute Gasteiger partial charge is 0.305 e. The van der Waals surface area contributed by atoms with Crippen LogP contribution >= 0.6 is 0 Å². The van der Waals surface area contributed by atoms with Crippen LogP contribution in [0.2, 0.25) is 0 Å². The molecule has 21 heavy (non-hydrogen) atoms. The number of amides is 1. The van der Waals surface area contributed by atoms with Crippen LogP contribution in [0.3, 0.4) is 0 Å². The van der Waals surface area contributed by atoms with Crippen molar-refractivity contribution in [1.29, 1.82) is 0 Å². The van der Waals surface area contributed by atoms with Crippen molar-refractivity contribution in [1.82, 2.24) is 5.43 Å². The zero-order chi connectivity index (χ0) is 15.1. The van der Waals surface area contributed by atoms with Gasteiger partial charge in [0.05, 0.1) is 6.21 Å². The lowest BCUT2D eigenvalue weighted by Crippen LogP contribution is -2.40. The van der Waals surface area contributed by atoms with Crippen LogP contribution in [0.15, 0.2) is 60.0 Å². The molecule has 4 heteroatoms. The molecule has 1 aromatic carbocycles. The lowest BCUT2D eigenvalue weighted by atomic mass is 10.0. The van der Waals surface area contributed by atoms with E-state index >= 15 is 0 Å². The number of hydrazone groups is 1. The van der Waals surface area contributed by atoms with E-state index in [0.717, 1.165) is 5.56 Å². The summed E-state index contributed by atoms with van der Waals surface area (Å²) in [6.07, 6.45) is 5.33. The van der Waals surface area contributed by atoms with E-state index in [2.05, 4.69) is 36.5 Å². The summed E-state index contributed by atoms with van der Waals surface area (Å²) in [5.41, 5.74) is 4.78. The van der Waals surface area contributed by atoms with Gasteiger partial charge in [-0.15, -0.1) is 0 Å². The molecule has 2 aromatic rings. The van der Waals surface area contributed by atoms with Crippen LogP contribution in [-0.2, 0) is 11.3 Å². The third-order valence-electron chi connectivity index (χ3n) is 3.11. The highest BCUT2D eigenvalue weighted by atomic mass is 16.2. The number of carbonyl (C=O) groups excluding carboxylic acids is 1. The Kier molecular flexibility index (Phi) is 5.21. The summed E-state index contributed by atoms with van der Waals surface area (Å²) >= 11 is 0. The summed E-state index contributed by atoms with van der Waals surface area (Å²) in [6.45, 7) is 4.57. The van der Waals surface area contributed by atoms with Crippen LogP contribution in [0, 0.1) is 0 Å². The zero-order valence-electron chi connectivity index (χ0n) is 12.4. The Morgan fingerprint density at radius 1 is 1.19 bits per heavy atom. The topological polar surface area (TPSA) is 45.3 Å². The average molecular weight is 282 g/mol. The number of rotatable bonds is 5. The number of carbonyl (C=O) groups is 1. The summed E-state index contributed by atoms with van der Waals surface area (Å²) in [6, 6.07) is 13.8. The minimum Gasteiger partial charge on any atom is -0.266 e. The van der Waals surface area contributed by atoms with E-state index in [0.29, 0.717) is 5.92 Å². The van der Waals surface area contributed by atoms with Gasteiger partial charge in [0.25, 0.3) is 0 Å². The molecule has 2 rings (SSSR count). The summed E-state index contributed by atoms with van der Waals surface area (Å²) < 4.78 is 1.79. The molecule has 0 radical (unpaired) electrons. The molecule has 0 saturated carbocycles. The van der Waals surface area contributed by atoms with Gasteiger partial charge in [-0.25, -0.2) is 5.43 Å². The van der Waals surface area contributed by atoms with Crippen LogP contribution in [0.1, 0.15) is 30.9 Å². The standard InChI is InChI=1S/C17H19N3O/c1-14(2)16-8-6-15(7-9-16)12-18-19-17(21)13-20-10-4-3-5-11-20/h3-12,14H,13H2,1-2H3/p+1. The molecule has 0 bridgehead atoms. The molecule has 0 aliphatic carbocycles. The molecular formula is C17H20N3O+. The van der Waals surface area contributed by atoms with Gasteiger partial charge < -0.3 is 0 Å². The van der Waals surface area contributed by atoms with E-state index in [4.69, 9.17) is 0 Å². The number of aromatic nitrogens is 1. The van der Waals surface area contributed by atoms with Crippen molar-refractivity contribution in [3.8, 4) is 0 Å². The van der Waals surface area contributed by atoms with Crippen molar-refractivity contribution < 1.29 is 9.36 Å². The first-order valence-corrected chi connectivity index (χ1v) is 7.01. The van der Waals surface area contributed by atoms with Gasteiger partial charge in [-0.3, -0.25) is 4.79 Å². The second-order valence-corrected chi connectivity index (χ2v) is 5.16. The van der Waals surface area contributed by atoms with Crippen molar-refractivity contribution >= 4 is 12.1 Å². The molecule has 0 atom stereocenters. The second-order valence-electron chi connectivity index (χ2n) is 5.16. The van der Waals surface area contributed by atoms with E-state index in [1.165, 1.54) is 5.56 Å². The van der Waals surface area contributed by atoms with E-state index in [-0.39, 0.29) is 12.5 Å². The summed E-state index contributed by atoms with van der Waals surface area (Å²) in [5, 5.41) is 3.97. The predicted octanol–water partition coefficient (Wildman–Crippen LogP) is 2.25. The van der Waals surface area contributed by atoms with Gasteiger partial charge in [-0.05, 0) is 17.0 Å². The van der Waals surface area contributed by atoms with Crippen LogP contribution in [0.5, 0.6) is 0 Å². The summed E-state index contributed by atoms with van der Waals surface area (Å²) in [4.78, 5) is 11.7. The highest BCUT2D eigenvalue weighted by molar-refractivity contribution is 5.82. The number of nitrogens with zero attached hydrogens (tertiary/aromatic N) is 2. The Bertz CT molecular complexity index is 604. The van der Waals surface area contributed by atoms with Crippen molar-refractivity contribution in [2.45, 2.75) is 26.3 Å². The van der Waals surface area contributed by atoms with E-state index in [1.54, 1.807) is 10.8 Å². The SMILES string of the molecule is CC(C)c1ccc(C=NNC(=O)C[n+]2ccccc2)cc1. The third-order valence-corrected chi connectivity index (χ3v) is 3.11. The monoisotopic (exact) mass is 282 g/mol. The predicted molar refractivity (Wildman–Crippen MR) is 82.9 cm³/mol. The molecule has 108 valence electrons. The highest BCUT2D eigenvalue weighted by Gasteiger charge is 2.06. The van der Waals surface area contributed by atoms with Crippen molar-refractivity contribution in [2.24, 2.45) is 5.10 Å². The molecule has 0 unspecified atom stereocenters. The molecular weight excluding hydrogens is 262 g/mol. The number of hydrogen-bond donors (Lipinski definition) is 1. The van der Waals surface area contributed by atoms with Gasteiger partial charge in [0.2, 0.25) is 6.54 Å². The molecule has 0 spiro atoms. The maximum atomic E-state index is 11.7. The molecule has 1 heterocycles. The van der Waals surface area contributed by atoms with Crippen LogP contribution in [-0.4, -0.2) is 12.1 Å². The maximum Gasteiger partial charge on any atom is 0.305 e. The molecule has 1 aromatic heterocycles. The van der Waals surface area contributed by atoms with Gasteiger partial charge >= 0.3 is 5.91 Å². The fourth-order valence-electron chi connectivity index (χ4n) is 1.89. The van der Waals surface area contributed by atoms with Gasteiger partial charge in [-0.2, -0.15) is 9.67 Å². The number of pyridine rings is 1. The van der Waals surface area contributed by atoms with Gasteiger partial charge in [0, 0.05) is 12.1 Å². The molecule has 0 aliphatic rings. The molecule has 4 nitrogen and oxygen atoms in total. The van der Waals surface area contributed by atoms with E-state index < -0.39 is 0 Å².